The quantitative estimate of drug-likeness (QED) is 0.832. The van der Waals surface area contributed by atoms with Crippen molar-refractivity contribution in [2.75, 3.05) is 13.2 Å². The Balaban J connectivity index is 1.30. The largest absolute Gasteiger partial charge is 0.376 e. The van der Waals surface area contributed by atoms with Crippen molar-refractivity contribution in [1.82, 2.24) is 10.6 Å². The molecule has 2 saturated carbocycles. The van der Waals surface area contributed by atoms with Gasteiger partial charge in [-0.15, -0.1) is 0 Å². The second kappa shape index (κ2) is 6.33. The van der Waals surface area contributed by atoms with Crippen molar-refractivity contribution in [3.63, 3.8) is 0 Å². The van der Waals surface area contributed by atoms with E-state index in [1.807, 2.05) is 0 Å². The first-order chi connectivity index (χ1) is 9.70. The van der Waals surface area contributed by atoms with Gasteiger partial charge in [0, 0.05) is 6.54 Å². The van der Waals surface area contributed by atoms with E-state index in [1.165, 1.54) is 25.7 Å². The Morgan fingerprint density at radius 2 is 2.10 bits per heavy atom. The van der Waals surface area contributed by atoms with Gasteiger partial charge in [0.2, 0.25) is 0 Å². The minimum Gasteiger partial charge on any atom is -0.376 e. The molecule has 0 aromatic rings. The molecule has 0 aromatic heterocycles. The van der Waals surface area contributed by atoms with Gasteiger partial charge in [-0.05, 0) is 43.4 Å². The van der Waals surface area contributed by atoms with Crippen molar-refractivity contribution in [3.8, 4) is 0 Å². The van der Waals surface area contributed by atoms with Crippen LogP contribution in [0.5, 0.6) is 0 Å². The third-order valence-electron chi connectivity index (χ3n) is 5.41. The standard InChI is InChI=1S/C16H28N2O2/c1-11-3-2-4-12(7-11)5-6-17-16(19)18-15-10-20-14-8-13(15)9-14/h11-15H,2-10H2,1H3,(H2,17,18,19). The molecule has 4 fully saturated rings. The monoisotopic (exact) mass is 280 g/mol. The molecule has 2 aliphatic carbocycles. The number of carbonyl (C=O) groups excluding carboxylic acids is 1. The molecule has 2 aliphatic heterocycles. The van der Waals surface area contributed by atoms with Crippen molar-refractivity contribution in [3.05, 3.63) is 0 Å². The molecule has 4 heteroatoms. The number of hydrogen-bond donors (Lipinski definition) is 2. The number of carbonyl (C=O) groups is 1. The SMILES string of the molecule is CC1CCCC(CCNC(=O)NC2COC3CC2C3)C1. The van der Waals surface area contributed by atoms with Crippen molar-refractivity contribution in [2.24, 2.45) is 17.8 Å². The normalized spacial score (nSPS) is 39.8. The second-order valence-corrected chi connectivity index (χ2v) is 7.12. The lowest BCUT2D eigenvalue weighted by Gasteiger charge is -2.46. The molecule has 3 atom stereocenters. The molecule has 2 amide bonds. The van der Waals surface area contributed by atoms with E-state index in [-0.39, 0.29) is 12.1 Å². The molecule has 0 spiro atoms. The minimum absolute atomic E-state index is 0.00666. The predicted octanol–water partition coefficient (Wildman–Crippen LogP) is 2.68. The molecular formula is C16H28N2O2. The first-order valence-electron chi connectivity index (χ1n) is 8.36. The summed E-state index contributed by atoms with van der Waals surface area (Å²) in [6.07, 6.45) is 9.29. The molecule has 2 bridgehead atoms. The van der Waals surface area contributed by atoms with E-state index in [2.05, 4.69) is 17.6 Å². The van der Waals surface area contributed by atoms with E-state index in [4.69, 9.17) is 4.74 Å². The maximum atomic E-state index is 11.9. The minimum atomic E-state index is -0.00666. The van der Waals surface area contributed by atoms with Crippen LogP contribution in [0.4, 0.5) is 4.79 Å². The zero-order valence-electron chi connectivity index (χ0n) is 12.6. The first-order valence-corrected chi connectivity index (χ1v) is 8.36. The average molecular weight is 280 g/mol. The summed E-state index contributed by atoms with van der Waals surface area (Å²) < 4.78 is 5.63. The number of urea groups is 1. The van der Waals surface area contributed by atoms with Crippen LogP contribution in [0.1, 0.15) is 51.9 Å². The van der Waals surface area contributed by atoms with Crippen LogP contribution in [-0.2, 0) is 4.74 Å². The summed E-state index contributed by atoms with van der Waals surface area (Å²) in [5, 5.41) is 6.10. The number of ether oxygens (including phenoxy) is 1. The van der Waals surface area contributed by atoms with E-state index in [0.717, 1.165) is 37.6 Å². The summed E-state index contributed by atoms with van der Waals surface area (Å²) in [5.41, 5.74) is 0. The third kappa shape index (κ3) is 3.46. The number of fused-ring (bicyclic) bond motifs is 2. The Morgan fingerprint density at radius 3 is 2.80 bits per heavy atom. The highest BCUT2D eigenvalue weighted by atomic mass is 16.5. The lowest BCUT2D eigenvalue weighted by molar-refractivity contribution is -0.107. The fourth-order valence-corrected chi connectivity index (χ4v) is 4.04. The lowest BCUT2D eigenvalue weighted by atomic mass is 9.75. The zero-order chi connectivity index (χ0) is 13.9. The molecular weight excluding hydrogens is 252 g/mol. The maximum absolute atomic E-state index is 11.9. The van der Waals surface area contributed by atoms with Crippen LogP contribution in [0.2, 0.25) is 0 Å². The van der Waals surface area contributed by atoms with Gasteiger partial charge in [0.05, 0.1) is 18.8 Å². The Bertz CT molecular complexity index is 339. The Labute approximate surface area is 122 Å². The summed E-state index contributed by atoms with van der Waals surface area (Å²) >= 11 is 0. The van der Waals surface area contributed by atoms with Crippen LogP contribution in [0, 0.1) is 17.8 Å². The van der Waals surface area contributed by atoms with Gasteiger partial charge in [-0.2, -0.15) is 0 Å². The van der Waals surface area contributed by atoms with Gasteiger partial charge >= 0.3 is 6.03 Å². The maximum Gasteiger partial charge on any atom is 0.315 e. The van der Waals surface area contributed by atoms with Gasteiger partial charge in [-0.25, -0.2) is 4.79 Å². The van der Waals surface area contributed by atoms with Gasteiger partial charge in [-0.3, -0.25) is 0 Å². The zero-order valence-corrected chi connectivity index (χ0v) is 12.6. The van der Waals surface area contributed by atoms with Gasteiger partial charge in [-0.1, -0.05) is 26.2 Å². The van der Waals surface area contributed by atoms with Crippen molar-refractivity contribution in [2.45, 2.75) is 64.0 Å². The Morgan fingerprint density at radius 1 is 1.25 bits per heavy atom. The van der Waals surface area contributed by atoms with E-state index >= 15 is 0 Å². The molecule has 0 aromatic carbocycles. The van der Waals surface area contributed by atoms with Crippen molar-refractivity contribution in [1.29, 1.82) is 0 Å². The van der Waals surface area contributed by atoms with Gasteiger partial charge < -0.3 is 15.4 Å². The molecule has 2 saturated heterocycles. The van der Waals surface area contributed by atoms with Crippen LogP contribution >= 0.6 is 0 Å². The smallest absolute Gasteiger partial charge is 0.315 e. The second-order valence-electron chi connectivity index (χ2n) is 7.12. The van der Waals surface area contributed by atoms with E-state index in [0.29, 0.717) is 18.6 Å². The fourth-order valence-electron chi connectivity index (χ4n) is 4.04. The fraction of sp³-hybridized carbons (Fsp3) is 0.938. The summed E-state index contributed by atoms with van der Waals surface area (Å²) in [4.78, 5) is 11.9. The summed E-state index contributed by atoms with van der Waals surface area (Å²) in [6.45, 7) is 3.86. The highest BCUT2D eigenvalue weighted by Crippen LogP contribution is 2.37. The number of hydrogen-bond acceptors (Lipinski definition) is 2. The summed E-state index contributed by atoms with van der Waals surface area (Å²) in [7, 11) is 0. The van der Waals surface area contributed by atoms with E-state index in [1.54, 1.807) is 0 Å². The van der Waals surface area contributed by atoms with Gasteiger partial charge in [0.25, 0.3) is 0 Å². The first kappa shape index (κ1) is 14.2. The van der Waals surface area contributed by atoms with Gasteiger partial charge in [0.1, 0.15) is 0 Å². The highest BCUT2D eigenvalue weighted by Gasteiger charge is 2.41. The lowest BCUT2D eigenvalue weighted by Crippen LogP contribution is -2.57. The number of nitrogens with one attached hydrogen (secondary N) is 2. The van der Waals surface area contributed by atoms with E-state index < -0.39 is 0 Å². The average Bonchev–Trinajstić information content (AvgIpc) is 2.38. The summed E-state index contributed by atoms with van der Waals surface area (Å²) in [5.74, 6) is 2.33. The molecule has 4 aliphatic rings. The molecule has 4 rings (SSSR count). The topological polar surface area (TPSA) is 50.4 Å². The van der Waals surface area contributed by atoms with E-state index in [9.17, 15) is 4.79 Å². The molecule has 114 valence electrons. The molecule has 4 nitrogen and oxygen atoms in total. The third-order valence-corrected chi connectivity index (χ3v) is 5.41. The van der Waals surface area contributed by atoms with Crippen LogP contribution in [-0.4, -0.2) is 31.3 Å². The predicted molar refractivity (Wildman–Crippen MR) is 78.5 cm³/mol. The Hall–Kier alpha value is -0.770. The molecule has 2 N–H and O–H groups in total. The van der Waals surface area contributed by atoms with Crippen LogP contribution in [0.3, 0.4) is 0 Å². The molecule has 2 heterocycles. The van der Waals surface area contributed by atoms with Crippen LogP contribution in [0.25, 0.3) is 0 Å². The number of rotatable bonds is 4. The number of amides is 2. The summed E-state index contributed by atoms with van der Waals surface area (Å²) in [6, 6.07) is 0.225. The molecule has 3 unspecified atom stereocenters. The van der Waals surface area contributed by atoms with Crippen LogP contribution in [0.15, 0.2) is 0 Å². The van der Waals surface area contributed by atoms with Crippen molar-refractivity contribution < 1.29 is 9.53 Å². The highest BCUT2D eigenvalue weighted by molar-refractivity contribution is 5.74. The Kier molecular flexibility index (Phi) is 4.49. The van der Waals surface area contributed by atoms with Crippen molar-refractivity contribution >= 4 is 6.03 Å². The molecule has 20 heavy (non-hydrogen) atoms. The van der Waals surface area contributed by atoms with Crippen LogP contribution < -0.4 is 10.6 Å². The van der Waals surface area contributed by atoms with Gasteiger partial charge in [0.15, 0.2) is 0 Å². The molecule has 0 radical (unpaired) electrons.